The first kappa shape index (κ1) is 16.6. The molecule has 1 N–H and O–H groups in total. The molecule has 24 heavy (non-hydrogen) atoms. The molecule has 1 aromatic heterocycles. The number of amides is 1. The lowest BCUT2D eigenvalue weighted by molar-refractivity contribution is -0.127. The molecule has 3 rings (SSSR count). The fourth-order valence-electron chi connectivity index (χ4n) is 2.20. The van der Waals surface area contributed by atoms with Gasteiger partial charge in [-0.2, -0.15) is 0 Å². The van der Waals surface area contributed by atoms with Crippen molar-refractivity contribution in [2.45, 2.75) is 39.3 Å². The maximum Gasteiger partial charge on any atom is 0.261 e. The van der Waals surface area contributed by atoms with Crippen LogP contribution in [0.5, 0.6) is 17.2 Å². The molecular weight excluding hydrogens is 328 g/mol. The van der Waals surface area contributed by atoms with Crippen molar-refractivity contribution in [2.75, 3.05) is 6.79 Å². The Morgan fingerprint density at radius 2 is 2.12 bits per heavy atom. The number of benzene rings is 1. The zero-order valence-corrected chi connectivity index (χ0v) is 14.7. The van der Waals surface area contributed by atoms with E-state index in [0.717, 1.165) is 10.7 Å². The highest BCUT2D eigenvalue weighted by molar-refractivity contribution is 7.09. The molecule has 0 saturated heterocycles. The number of hydrogen-bond acceptors (Lipinski definition) is 6. The third-order valence-electron chi connectivity index (χ3n) is 3.53. The topological polar surface area (TPSA) is 69.7 Å². The first-order valence-corrected chi connectivity index (χ1v) is 8.69. The molecule has 1 aliphatic heterocycles. The van der Waals surface area contributed by atoms with Gasteiger partial charge in [-0.15, -0.1) is 11.3 Å². The van der Waals surface area contributed by atoms with E-state index in [1.807, 2.05) is 5.38 Å². The van der Waals surface area contributed by atoms with E-state index < -0.39 is 6.10 Å². The van der Waals surface area contributed by atoms with Gasteiger partial charge in [-0.05, 0) is 19.1 Å². The summed E-state index contributed by atoms with van der Waals surface area (Å²) in [6, 6.07) is 5.25. The van der Waals surface area contributed by atoms with Crippen LogP contribution in [0.1, 0.15) is 37.4 Å². The maximum atomic E-state index is 12.2. The molecule has 0 aliphatic carbocycles. The van der Waals surface area contributed by atoms with Gasteiger partial charge in [0.05, 0.1) is 17.2 Å². The molecule has 7 heteroatoms. The van der Waals surface area contributed by atoms with Crippen molar-refractivity contribution in [3.05, 3.63) is 34.3 Å². The summed E-state index contributed by atoms with van der Waals surface area (Å²) in [6.45, 7) is 6.52. The van der Waals surface area contributed by atoms with E-state index in [1.165, 1.54) is 0 Å². The number of thiazole rings is 1. The molecule has 0 spiro atoms. The Hall–Kier alpha value is -2.28. The lowest BCUT2D eigenvalue weighted by atomic mass is 10.2. The van der Waals surface area contributed by atoms with E-state index >= 15 is 0 Å². The minimum absolute atomic E-state index is 0.188. The molecule has 128 valence electrons. The average Bonchev–Trinajstić information content (AvgIpc) is 3.21. The molecule has 0 bridgehead atoms. The van der Waals surface area contributed by atoms with E-state index in [9.17, 15) is 4.79 Å². The Morgan fingerprint density at radius 3 is 2.88 bits per heavy atom. The summed E-state index contributed by atoms with van der Waals surface area (Å²) < 4.78 is 16.2. The van der Waals surface area contributed by atoms with Crippen molar-refractivity contribution in [2.24, 2.45) is 0 Å². The smallest absolute Gasteiger partial charge is 0.261 e. The van der Waals surface area contributed by atoms with Crippen LogP contribution in [0, 0.1) is 0 Å². The summed E-state index contributed by atoms with van der Waals surface area (Å²) in [5.74, 6) is 2.09. The second kappa shape index (κ2) is 7.09. The number of carbonyl (C=O) groups is 1. The van der Waals surface area contributed by atoms with Crippen LogP contribution in [0.4, 0.5) is 0 Å². The number of nitrogens with one attached hydrogen (secondary N) is 1. The zero-order valence-electron chi connectivity index (χ0n) is 13.9. The van der Waals surface area contributed by atoms with Crippen molar-refractivity contribution in [1.29, 1.82) is 0 Å². The van der Waals surface area contributed by atoms with E-state index in [1.54, 1.807) is 36.5 Å². The van der Waals surface area contributed by atoms with Gasteiger partial charge >= 0.3 is 0 Å². The van der Waals surface area contributed by atoms with Gasteiger partial charge in [0.2, 0.25) is 6.79 Å². The molecule has 2 heterocycles. The Balaban J connectivity index is 1.52. The lowest BCUT2D eigenvalue weighted by Gasteiger charge is -2.14. The summed E-state index contributed by atoms with van der Waals surface area (Å²) in [5.41, 5.74) is 0.868. The summed E-state index contributed by atoms with van der Waals surface area (Å²) in [6.07, 6.45) is -0.617. The van der Waals surface area contributed by atoms with Gasteiger partial charge in [0.15, 0.2) is 17.6 Å². The van der Waals surface area contributed by atoms with Gasteiger partial charge in [-0.3, -0.25) is 4.79 Å². The number of fused-ring (bicyclic) bond motifs is 1. The zero-order chi connectivity index (χ0) is 17.1. The van der Waals surface area contributed by atoms with E-state index in [0.29, 0.717) is 29.7 Å². The number of aromatic nitrogens is 1. The fourth-order valence-corrected chi connectivity index (χ4v) is 3.03. The first-order valence-electron chi connectivity index (χ1n) is 7.81. The minimum Gasteiger partial charge on any atom is -0.481 e. The van der Waals surface area contributed by atoms with Crippen LogP contribution < -0.4 is 19.5 Å². The average molecular weight is 348 g/mol. The van der Waals surface area contributed by atoms with E-state index in [2.05, 4.69) is 24.1 Å². The Bertz CT molecular complexity index is 729. The van der Waals surface area contributed by atoms with Crippen LogP contribution in [0.2, 0.25) is 0 Å². The second-order valence-corrected chi connectivity index (χ2v) is 6.71. The molecule has 1 aliphatic rings. The minimum atomic E-state index is -0.617. The van der Waals surface area contributed by atoms with Gasteiger partial charge in [-0.25, -0.2) is 4.98 Å². The Labute approximate surface area is 144 Å². The maximum absolute atomic E-state index is 12.2. The van der Waals surface area contributed by atoms with E-state index in [-0.39, 0.29) is 12.7 Å². The summed E-state index contributed by atoms with van der Waals surface area (Å²) >= 11 is 1.61. The molecule has 0 radical (unpaired) electrons. The molecule has 0 fully saturated rings. The molecular formula is C17H20N2O4S. The summed E-state index contributed by atoms with van der Waals surface area (Å²) in [5, 5.41) is 5.89. The summed E-state index contributed by atoms with van der Waals surface area (Å²) in [7, 11) is 0. The number of hydrogen-bond donors (Lipinski definition) is 1. The monoisotopic (exact) mass is 348 g/mol. The van der Waals surface area contributed by atoms with Crippen molar-refractivity contribution in [3.63, 3.8) is 0 Å². The van der Waals surface area contributed by atoms with Gasteiger partial charge in [0.1, 0.15) is 5.75 Å². The predicted octanol–water partition coefficient (Wildman–Crippen LogP) is 3.08. The van der Waals surface area contributed by atoms with Gasteiger partial charge < -0.3 is 19.5 Å². The van der Waals surface area contributed by atoms with Crippen molar-refractivity contribution in [1.82, 2.24) is 10.3 Å². The highest BCUT2D eigenvalue weighted by Crippen LogP contribution is 2.35. The lowest BCUT2D eigenvalue weighted by Crippen LogP contribution is -2.36. The second-order valence-electron chi connectivity index (χ2n) is 5.82. The number of carbonyl (C=O) groups excluding carboxylic acids is 1. The quantitative estimate of drug-likeness (QED) is 0.869. The van der Waals surface area contributed by atoms with E-state index in [4.69, 9.17) is 14.2 Å². The molecule has 0 saturated carbocycles. The van der Waals surface area contributed by atoms with Crippen molar-refractivity contribution in [3.8, 4) is 17.2 Å². The predicted molar refractivity (Wildman–Crippen MR) is 90.7 cm³/mol. The fraction of sp³-hybridized carbons (Fsp3) is 0.412. The highest BCUT2D eigenvalue weighted by atomic mass is 32.1. The molecule has 1 atom stereocenters. The molecule has 2 aromatic rings. The third-order valence-corrected chi connectivity index (χ3v) is 4.73. The number of nitrogens with zero attached hydrogens (tertiary/aromatic N) is 1. The molecule has 0 unspecified atom stereocenters. The van der Waals surface area contributed by atoms with Gasteiger partial charge in [-0.1, -0.05) is 13.8 Å². The van der Waals surface area contributed by atoms with Crippen LogP contribution in [0.15, 0.2) is 23.6 Å². The molecule has 1 aromatic carbocycles. The standard InChI is InChI=1S/C17H20N2O4S/c1-10(2)17-19-12(8-24-17)7-18-16(20)11(3)23-13-4-5-14-15(6-13)22-9-21-14/h4-6,8,10-11H,7,9H2,1-3H3,(H,18,20)/t11-/m1/s1. The summed E-state index contributed by atoms with van der Waals surface area (Å²) in [4.78, 5) is 16.7. The largest absolute Gasteiger partial charge is 0.481 e. The number of ether oxygens (including phenoxy) is 3. The van der Waals surface area contributed by atoms with Gasteiger partial charge in [0, 0.05) is 17.4 Å². The molecule has 6 nitrogen and oxygen atoms in total. The Morgan fingerprint density at radius 1 is 1.33 bits per heavy atom. The highest BCUT2D eigenvalue weighted by Gasteiger charge is 2.18. The van der Waals surface area contributed by atoms with Crippen LogP contribution in [-0.4, -0.2) is 23.8 Å². The normalized spacial score (nSPS) is 13.8. The number of rotatable bonds is 6. The van der Waals surface area contributed by atoms with Gasteiger partial charge in [0.25, 0.3) is 5.91 Å². The molecule has 1 amide bonds. The third kappa shape index (κ3) is 3.79. The van der Waals surface area contributed by atoms with Crippen LogP contribution in [0.25, 0.3) is 0 Å². The first-order chi connectivity index (χ1) is 11.5. The van der Waals surface area contributed by atoms with Crippen LogP contribution in [0.3, 0.4) is 0 Å². The van der Waals surface area contributed by atoms with Crippen molar-refractivity contribution < 1.29 is 19.0 Å². The Kier molecular flexibility index (Phi) is 4.89. The SMILES string of the molecule is CC(C)c1nc(CNC(=O)[C@@H](C)Oc2ccc3c(c2)OCO3)cs1. The van der Waals surface area contributed by atoms with Crippen LogP contribution >= 0.6 is 11.3 Å². The van der Waals surface area contributed by atoms with Crippen molar-refractivity contribution >= 4 is 17.2 Å². The van der Waals surface area contributed by atoms with Crippen LogP contribution in [-0.2, 0) is 11.3 Å².